The van der Waals surface area contributed by atoms with Gasteiger partial charge in [0.05, 0.1) is 19.8 Å². The number of carbonyl (C=O) groups is 1. The summed E-state index contributed by atoms with van der Waals surface area (Å²) in [4.78, 5) is 18.3. The molecule has 1 aliphatic rings. The Morgan fingerprint density at radius 3 is 2.71 bits per heavy atom. The van der Waals surface area contributed by atoms with Crippen molar-refractivity contribution in [3.63, 3.8) is 0 Å². The Morgan fingerprint density at radius 2 is 2.04 bits per heavy atom. The molecular weight excluding hydrogens is 356 g/mol. The predicted octanol–water partition coefficient (Wildman–Crippen LogP) is 3.15. The maximum Gasteiger partial charge on any atom is 0.409 e. The second-order valence-electron chi connectivity index (χ2n) is 6.80. The van der Waals surface area contributed by atoms with Crippen LogP contribution in [-0.2, 0) is 11.3 Å². The van der Waals surface area contributed by atoms with Crippen LogP contribution in [0, 0.1) is 0 Å². The molecule has 0 saturated carbocycles. The molecule has 1 aromatic rings. The zero-order valence-corrected chi connectivity index (χ0v) is 17.4. The first-order valence-electron chi connectivity index (χ1n) is 10.3. The third kappa shape index (κ3) is 7.29. The third-order valence-corrected chi connectivity index (χ3v) is 4.50. The van der Waals surface area contributed by atoms with E-state index in [1.165, 1.54) is 0 Å². The molecule has 1 amide bonds. The molecule has 1 fully saturated rings. The van der Waals surface area contributed by atoms with Crippen LogP contribution in [0.25, 0.3) is 0 Å². The zero-order valence-electron chi connectivity index (χ0n) is 17.4. The molecule has 2 rings (SSSR count). The monoisotopic (exact) mass is 390 g/mol. The molecule has 1 aliphatic heterocycles. The lowest BCUT2D eigenvalue weighted by Gasteiger charge is -2.32. The van der Waals surface area contributed by atoms with E-state index in [2.05, 4.69) is 30.5 Å². The van der Waals surface area contributed by atoms with E-state index in [4.69, 9.17) is 14.5 Å². The molecule has 0 unspecified atom stereocenters. The van der Waals surface area contributed by atoms with Crippen LogP contribution in [0.5, 0.6) is 5.75 Å². The van der Waals surface area contributed by atoms with Gasteiger partial charge < -0.3 is 25.0 Å². The zero-order chi connectivity index (χ0) is 20.2. The molecule has 1 heterocycles. The van der Waals surface area contributed by atoms with Gasteiger partial charge >= 0.3 is 6.09 Å². The quantitative estimate of drug-likeness (QED) is 0.527. The number of piperidine rings is 1. The highest BCUT2D eigenvalue weighted by Crippen LogP contribution is 2.15. The Balaban J connectivity index is 1.88. The lowest BCUT2D eigenvalue weighted by molar-refractivity contribution is 0.0963. The SMILES string of the molecule is CCCOc1cccc(CN=C(NCC)NC2CCN(C(=O)OCC)CC2)c1. The molecule has 0 aromatic heterocycles. The summed E-state index contributed by atoms with van der Waals surface area (Å²) in [7, 11) is 0. The molecule has 0 radical (unpaired) electrons. The summed E-state index contributed by atoms with van der Waals surface area (Å²) in [5.74, 6) is 1.69. The van der Waals surface area contributed by atoms with Gasteiger partial charge in [0.2, 0.25) is 0 Å². The average Bonchev–Trinajstić information content (AvgIpc) is 2.71. The smallest absolute Gasteiger partial charge is 0.409 e. The summed E-state index contributed by atoms with van der Waals surface area (Å²) < 4.78 is 10.8. The fourth-order valence-electron chi connectivity index (χ4n) is 3.06. The number of guanidine groups is 1. The van der Waals surface area contributed by atoms with Gasteiger partial charge in [-0.25, -0.2) is 9.79 Å². The van der Waals surface area contributed by atoms with E-state index in [0.29, 0.717) is 32.3 Å². The second kappa shape index (κ2) is 12.1. The molecule has 156 valence electrons. The summed E-state index contributed by atoms with van der Waals surface area (Å²) >= 11 is 0. The van der Waals surface area contributed by atoms with E-state index in [1.54, 1.807) is 4.90 Å². The van der Waals surface area contributed by atoms with Crippen molar-refractivity contribution in [2.75, 3.05) is 32.8 Å². The standard InChI is InChI=1S/C21H34N4O3/c1-4-14-28-19-9-7-8-17(15-19)16-23-20(22-5-2)24-18-10-12-25(13-11-18)21(26)27-6-3/h7-9,15,18H,4-6,10-14,16H2,1-3H3,(H2,22,23,24). The topological polar surface area (TPSA) is 75.2 Å². The number of likely N-dealkylation sites (tertiary alicyclic amines) is 1. The molecule has 1 aromatic carbocycles. The minimum atomic E-state index is -0.216. The fraction of sp³-hybridized carbons (Fsp3) is 0.619. The summed E-state index contributed by atoms with van der Waals surface area (Å²) in [5, 5.41) is 6.80. The predicted molar refractivity (Wildman–Crippen MR) is 112 cm³/mol. The van der Waals surface area contributed by atoms with Gasteiger partial charge in [0.25, 0.3) is 0 Å². The van der Waals surface area contributed by atoms with Crippen molar-refractivity contribution in [2.24, 2.45) is 4.99 Å². The number of hydrogen-bond acceptors (Lipinski definition) is 4. The molecule has 2 N–H and O–H groups in total. The number of carbonyl (C=O) groups excluding carboxylic acids is 1. The van der Waals surface area contributed by atoms with Crippen molar-refractivity contribution in [3.8, 4) is 5.75 Å². The highest BCUT2D eigenvalue weighted by atomic mass is 16.6. The summed E-state index contributed by atoms with van der Waals surface area (Å²) in [6.45, 7) is 9.91. The van der Waals surface area contributed by atoms with Crippen LogP contribution in [0.15, 0.2) is 29.3 Å². The van der Waals surface area contributed by atoms with Gasteiger partial charge in [0, 0.05) is 25.7 Å². The van der Waals surface area contributed by atoms with Gasteiger partial charge in [0.1, 0.15) is 5.75 Å². The fourth-order valence-corrected chi connectivity index (χ4v) is 3.06. The van der Waals surface area contributed by atoms with Gasteiger partial charge in [-0.05, 0) is 50.8 Å². The molecule has 1 saturated heterocycles. The molecular formula is C21H34N4O3. The van der Waals surface area contributed by atoms with Gasteiger partial charge in [-0.15, -0.1) is 0 Å². The maximum absolute atomic E-state index is 11.8. The minimum Gasteiger partial charge on any atom is -0.494 e. The Kier molecular flexibility index (Phi) is 9.45. The lowest BCUT2D eigenvalue weighted by atomic mass is 10.1. The van der Waals surface area contributed by atoms with Crippen LogP contribution in [0.4, 0.5) is 4.79 Å². The van der Waals surface area contributed by atoms with E-state index in [-0.39, 0.29) is 6.09 Å². The van der Waals surface area contributed by atoms with E-state index in [0.717, 1.165) is 49.7 Å². The number of nitrogens with zero attached hydrogens (tertiary/aromatic N) is 2. The van der Waals surface area contributed by atoms with Crippen LogP contribution in [-0.4, -0.2) is 55.8 Å². The second-order valence-corrected chi connectivity index (χ2v) is 6.80. The normalized spacial score (nSPS) is 15.2. The van der Waals surface area contributed by atoms with Crippen molar-refractivity contribution in [1.29, 1.82) is 0 Å². The minimum absolute atomic E-state index is 0.216. The first-order valence-corrected chi connectivity index (χ1v) is 10.3. The van der Waals surface area contributed by atoms with Crippen molar-refractivity contribution in [2.45, 2.75) is 52.6 Å². The third-order valence-electron chi connectivity index (χ3n) is 4.50. The van der Waals surface area contributed by atoms with E-state index in [9.17, 15) is 4.79 Å². The summed E-state index contributed by atoms with van der Waals surface area (Å²) in [6.07, 6.45) is 2.53. The molecule has 7 heteroatoms. The van der Waals surface area contributed by atoms with Gasteiger partial charge in [-0.3, -0.25) is 0 Å². The number of amides is 1. The van der Waals surface area contributed by atoms with Crippen molar-refractivity contribution in [1.82, 2.24) is 15.5 Å². The average molecular weight is 391 g/mol. The van der Waals surface area contributed by atoms with Crippen LogP contribution in [0.2, 0.25) is 0 Å². The van der Waals surface area contributed by atoms with Crippen LogP contribution >= 0.6 is 0 Å². The Morgan fingerprint density at radius 1 is 1.25 bits per heavy atom. The van der Waals surface area contributed by atoms with E-state index >= 15 is 0 Å². The first-order chi connectivity index (χ1) is 13.7. The van der Waals surface area contributed by atoms with E-state index < -0.39 is 0 Å². The highest BCUT2D eigenvalue weighted by Gasteiger charge is 2.24. The number of hydrogen-bond donors (Lipinski definition) is 2. The first kappa shape index (κ1) is 21.9. The van der Waals surface area contributed by atoms with Gasteiger partial charge in [0.15, 0.2) is 5.96 Å². The lowest BCUT2D eigenvalue weighted by Crippen LogP contribution is -2.49. The van der Waals surface area contributed by atoms with Crippen molar-refractivity contribution < 1.29 is 14.3 Å². The molecule has 0 bridgehead atoms. The van der Waals surface area contributed by atoms with Crippen molar-refractivity contribution >= 4 is 12.1 Å². The Bertz CT molecular complexity index is 628. The number of aliphatic imine (C=N–C) groups is 1. The molecule has 28 heavy (non-hydrogen) atoms. The molecule has 7 nitrogen and oxygen atoms in total. The molecule has 0 spiro atoms. The van der Waals surface area contributed by atoms with Gasteiger partial charge in [-0.1, -0.05) is 19.1 Å². The van der Waals surface area contributed by atoms with Crippen LogP contribution in [0.3, 0.4) is 0 Å². The van der Waals surface area contributed by atoms with Gasteiger partial charge in [-0.2, -0.15) is 0 Å². The largest absolute Gasteiger partial charge is 0.494 e. The van der Waals surface area contributed by atoms with Crippen molar-refractivity contribution in [3.05, 3.63) is 29.8 Å². The van der Waals surface area contributed by atoms with Crippen LogP contribution < -0.4 is 15.4 Å². The summed E-state index contributed by atoms with van der Waals surface area (Å²) in [5.41, 5.74) is 1.11. The van der Waals surface area contributed by atoms with E-state index in [1.807, 2.05) is 25.1 Å². The maximum atomic E-state index is 11.8. The summed E-state index contributed by atoms with van der Waals surface area (Å²) in [6, 6.07) is 8.37. The number of benzene rings is 1. The molecule has 0 aliphatic carbocycles. The number of nitrogens with one attached hydrogen (secondary N) is 2. The van der Waals surface area contributed by atoms with Crippen LogP contribution in [0.1, 0.15) is 45.6 Å². The highest BCUT2D eigenvalue weighted by molar-refractivity contribution is 5.80. The molecule has 0 atom stereocenters. The number of ether oxygens (including phenoxy) is 2. The Labute approximate surface area is 168 Å². The Hall–Kier alpha value is -2.44. The number of rotatable bonds is 8.